The fourth-order valence-electron chi connectivity index (χ4n) is 3.62. The molecule has 31 heavy (non-hydrogen) atoms. The minimum atomic E-state index is -0.913. The van der Waals surface area contributed by atoms with Crippen LogP contribution in [0, 0.1) is 17.6 Å². The molecule has 0 radical (unpaired) electrons. The second-order valence-electron chi connectivity index (χ2n) is 7.27. The van der Waals surface area contributed by atoms with Gasteiger partial charge in [0.05, 0.1) is 11.9 Å². The predicted octanol–water partition coefficient (Wildman–Crippen LogP) is 4.02. The number of rotatable bonds is 4. The number of carbonyl (C=O) groups is 1. The van der Waals surface area contributed by atoms with E-state index in [1.807, 2.05) is 35.2 Å². The minimum absolute atomic E-state index is 0.0442. The Morgan fingerprint density at radius 2 is 1.77 bits per heavy atom. The van der Waals surface area contributed by atoms with Crippen LogP contribution < -0.4 is 15.8 Å². The molecule has 160 valence electrons. The molecule has 6 nitrogen and oxygen atoms in total. The summed E-state index contributed by atoms with van der Waals surface area (Å²) in [5, 5.41) is 6.83. The molecule has 1 N–H and O–H groups in total. The molecule has 3 aromatic rings. The zero-order chi connectivity index (χ0) is 22.0. The first-order chi connectivity index (χ1) is 14.9. The number of amides is 1. The summed E-state index contributed by atoms with van der Waals surface area (Å²) < 4.78 is 28.0. The molecule has 9 heteroatoms. The van der Waals surface area contributed by atoms with Gasteiger partial charge >= 0.3 is 0 Å². The van der Waals surface area contributed by atoms with Gasteiger partial charge in [-0.15, -0.1) is 0 Å². The normalized spacial score (nSPS) is 14.5. The monoisotopic (exact) mass is 444 g/mol. The lowest BCUT2D eigenvalue weighted by atomic mass is 9.95. The third-order valence-corrected chi connectivity index (χ3v) is 5.64. The van der Waals surface area contributed by atoms with Crippen LogP contribution in [0.3, 0.4) is 0 Å². The molecule has 2 heterocycles. The predicted molar refractivity (Wildman–Crippen MR) is 115 cm³/mol. The van der Waals surface area contributed by atoms with Crippen LogP contribution in [0.1, 0.15) is 12.8 Å². The molecule has 1 fully saturated rings. The Kier molecular flexibility index (Phi) is 5.99. The molecule has 1 aliphatic heterocycles. The Labute approximate surface area is 182 Å². The Morgan fingerprint density at radius 1 is 1.06 bits per heavy atom. The number of nitrogens with zero attached hydrogens (tertiary/aromatic N) is 3. The van der Waals surface area contributed by atoms with E-state index in [4.69, 9.17) is 11.6 Å². The van der Waals surface area contributed by atoms with Crippen molar-refractivity contribution < 1.29 is 13.6 Å². The van der Waals surface area contributed by atoms with Crippen molar-refractivity contribution in [3.05, 3.63) is 81.7 Å². The van der Waals surface area contributed by atoms with Crippen LogP contribution in [0.25, 0.3) is 5.69 Å². The average Bonchev–Trinajstić information content (AvgIpc) is 2.77. The Bertz CT molecular complexity index is 1160. The van der Waals surface area contributed by atoms with Gasteiger partial charge in [0.25, 0.3) is 5.56 Å². The highest BCUT2D eigenvalue weighted by atomic mass is 35.5. The second-order valence-corrected chi connectivity index (χ2v) is 7.65. The molecule has 0 atom stereocenters. The molecule has 0 spiro atoms. The molecule has 1 aliphatic rings. The van der Waals surface area contributed by atoms with Gasteiger partial charge in [-0.1, -0.05) is 29.8 Å². The highest BCUT2D eigenvalue weighted by Crippen LogP contribution is 2.28. The number of benzene rings is 2. The molecule has 1 amide bonds. The molecule has 4 rings (SSSR count). The minimum Gasteiger partial charge on any atom is -0.369 e. The van der Waals surface area contributed by atoms with Gasteiger partial charge in [0, 0.05) is 30.8 Å². The summed E-state index contributed by atoms with van der Waals surface area (Å²) in [6.45, 7) is 1.03. The van der Waals surface area contributed by atoms with Crippen LogP contribution >= 0.6 is 11.6 Å². The molecule has 0 unspecified atom stereocenters. The van der Waals surface area contributed by atoms with Crippen LogP contribution in [0.15, 0.2) is 59.5 Å². The van der Waals surface area contributed by atoms with E-state index >= 15 is 0 Å². The highest BCUT2D eigenvalue weighted by Gasteiger charge is 2.27. The van der Waals surface area contributed by atoms with Crippen LogP contribution in [0.4, 0.5) is 20.2 Å². The maximum absolute atomic E-state index is 14.0. The number of carbonyl (C=O) groups excluding carboxylic acids is 1. The van der Waals surface area contributed by atoms with Crippen molar-refractivity contribution in [1.29, 1.82) is 0 Å². The molecule has 0 saturated carbocycles. The van der Waals surface area contributed by atoms with Crippen LogP contribution in [-0.4, -0.2) is 28.8 Å². The zero-order valence-electron chi connectivity index (χ0n) is 16.4. The topological polar surface area (TPSA) is 67.2 Å². The number of piperidine rings is 1. The molecule has 0 bridgehead atoms. The number of hydrogen-bond acceptors (Lipinski definition) is 4. The fraction of sp³-hybridized carbons (Fsp3) is 0.227. The van der Waals surface area contributed by atoms with Crippen LogP contribution in [0.5, 0.6) is 0 Å². The van der Waals surface area contributed by atoms with Crippen molar-refractivity contribution in [2.75, 3.05) is 23.3 Å². The zero-order valence-corrected chi connectivity index (χ0v) is 17.1. The molecular formula is C22H19ClF2N4O2. The maximum Gasteiger partial charge on any atom is 0.292 e. The average molecular weight is 445 g/mol. The number of nitrogens with one attached hydrogen (secondary N) is 1. The number of hydrogen-bond donors (Lipinski definition) is 1. The smallest absolute Gasteiger partial charge is 0.292 e. The quantitative estimate of drug-likeness (QED) is 0.660. The van der Waals surface area contributed by atoms with E-state index < -0.39 is 17.2 Å². The first kappa shape index (κ1) is 21.0. The van der Waals surface area contributed by atoms with Crippen molar-refractivity contribution in [3.8, 4) is 5.69 Å². The summed E-state index contributed by atoms with van der Waals surface area (Å²) in [4.78, 5) is 27.1. The fourth-order valence-corrected chi connectivity index (χ4v) is 3.87. The molecular weight excluding hydrogens is 426 g/mol. The Morgan fingerprint density at radius 3 is 2.45 bits per heavy atom. The van der Waals surface area contributed by atoms with Crippen molar-refractivity contribution in [3.63, 3.8) is 0 Å². The summed E-state index contributed by atoms with van der Waals surface area (Å²) in [6, 6.07) is 12.1. The van der Waals surface area contributed by atoms with E-state index in [1.165, 1.54) is 6.20 Å². The van der Waals surface area contributed by atoms with Gasteiger partial charge in [-0.3, -0.25) is 9.59 Å². The molecule has 1 saturated heterocycles. The van der Waals surface area contributed by atoms with E-state index in [0.717, 1.165) is 22.5 Å². The third-order valence-electron chi connectivity index (χ3n) is 5.29. The number of anilines is 2. The molecule has 1 aromatic heterocycles. The van der Waals surface area contributed by atoms with Gasteiger partial charge in [0.15, 0.2) is 5.82 Å². The van der Waals surface area contributed by atoms with Crippen LogP contribution in [0.2, 0.25) is 5.02 Å². The first-order valence-corrected chi connectivity index (χ1v) is 10.2. The van der Waals surface area contributed by atoms with Crippen LogP contribution in [-0.2, 0) is 4.79 Å². The second kappa shape index (κ2) is 8.85. The summed E-state index contributed by atoms with van der Waals surface area (Å²) in [7, 11) is 0. The van der Waals surface area contributed by atoms with Gasteiger partial charge < -0.3 is 10.2 Å². The van der Waals surface area contributed by atoms with Crippen molar-refractivity contribution in [2.45, 2.75) is 12.8 Å². The Hall–Kier alpha value is -3.26. The van der Waals surface area contributed by atoms with E-state index in [-0.39, 0.29) is 22.5 Å². The Balaban J connectivity index is 1.47. The van der Waals surface area contributed by atoms with Gasteiger partial charge in [0.2, 0.25) is 5.91 Å². The van der Waals surface area contributed by atoms with Gasteiger partial charge in [0.1, 0.15) is 16.5 Å². The van der Waals surface area contributed by atoms with Gasteiger partial charge in [-0.05, 0) is 37.1 Å². The lowest BCUT2D eigenvalue weighted by Crippen LogP contribution is -2.39. The number of halogens is 3. The SMILES string of the molecule is O=C(Nc1ccccc1)C1CCN(c2cnn(-c3ccc(F)cc3F)c(=O)c2Cl)CC1. The largest absolute Gasteiger partial charge is 0.369 e. The van der Waals surface area contributed by atoms with Crippen molar-refractivity contribution in [1.82, 2.24) is 9.78 Å². The standard InChI is InChI=1S/C22H19ClF2N4O2/c23-20-19(13-26-29(22(20)31)18-7-6-15(24)12-17(18)25)28-10-8-14(9-11-28)21(30)27-16-4-2-1-3-5-16/h1-7,12-14H,8-11H2,(H,27,30). The number of aromatic nitrogens is 2. The van der Waals surface area contributed by atoms with Gasteiger partial charge in [-0.2, -0.15) is 9.78 Å². The van der Waals surface area contributed by atoms with E-state index in [1.54, 1.807) is 0 Å². The molecule has 0 aliphatic carbocycles. The third kappa shape index (κ3) is 4.44. The number of para-hydroxylation sites is 1. The summed E-state index contributed by atoms with van der Waals surface area (Å²) in [6.07, 6.45) is 2.56. The lowest BCUT2D eigenvalue weighted by Gasteiger charge is -2.33. The highest BCUT2D eigenvalue weighted by molar-refractivity contribution is 6.33. The summed E-state index contributed by atoms with van der Waals surface area (Å²) >= 11 is 6.28. The first-order valence-electron chi connectivity index (χ1n) is 9.78. The summed E-state index contributed by atoms with van der Waals surface area (Å²) in [5.41, 5.74) is 0.288. The summed E-state index contributed by atoms with van der Waals surface area (Å²) in [5.74, 6) is -1.87. The van der Waals surface area contributed by atoms with E-state index in [0.29, 0.717) is 37.7 Å². The maximum atomic E-state index is 14.0. The van der Waals surface area contributed by atoms with E-state index in [9.17, 15) is 18.4 Å². The van der Waals surface area contributed by atoms with Crippen molar-refractivity contribution in [2.24, 2.45) is 5.92 Å². The van der Waals surface area contributed by atoms with Crippen molar-refractivity contribution >= 4 is 28.9 Å². The lowest BCUT2D eigenvalue weighted by molar-refractivity contribution is -0.120. The van der Waals surface area contributed by atoms with E-state index in [2.05, 4.69) is 10.4 Å². The van der Waals surface area contributed by atoms with Gasteiger partial charge in [-0.25, -0.2) is 8.78 Å². The molecule has 2 aromatic carbocycles.